The molecule has 4 nitrogen and oxygen atoms in total. The van der Waals surface area contributed by atoms with E-state index >= 15 is 0 Å². The van der Waals surface area contributed by atoms with Gasteiger partial charge in [0, 0.05) is 25.0 Å². The molecule has 2 saturated heterocycles. The lowest BCUT2D eigenvalue weighted by atomic mass is 9.89. The molecule has 2 aliphatic rings. The summed E-state index contributed by atoms with van der Waals surface area (Å²) < 4.78 is 5.34. The average molecular weight is 455 g/mol. The van der Waals surface area contributed by atoms with Gasteiger partial charge in [0.05, 0.1) is 19.8 Å². The minimum Gasteiger partial charge on any atom is -0.380 e. The van der Waals surface area contributed by atoms with Crippen molar-refractivity contribution in [1.82, 2.24) is 10.2 Å². The standard InChI is InChI=1S/C20H29N3O.HI/c1-3-21-19(22-14-20(2)15-24-16-20)23-11-9-18(10-12-23)13-17-7-5-4-6-8-17;/h4-8,13H,3,9-12,14-16H2,1-2H3,(H,21,22);1H. The molecule has 0 radical (unpaired) electrons. The number of benzene rings is 1. The number of ether oxygens (including phenoxy) is 1. The van der Waals surface area contributed by atoms with Gasteiger partial charge in [0.25, 0.3) is 0 Å². The van der Waals surface area contributed by atoms with Gasteiger partial charge in [-0.2, -0.15) is 0 Å². The summed E-state index contributed by atoms with van der Waals surface area (Å²) in [6.45, 7) is 9.89. The van der Waals surface area contributed by atoms with Gasteiger partial charge >= 0.3 is 0 Å². The van der Waals surface area contributed by atoms with Crippen molar-refractivity contribution < 1.29 is 4.74 Å². The van der Waals surface area contributed by atoms with Crippen LogP contribution in [0.1, 0.15) is 32.3 Å². The summed E-state index contributed by atoms with van der Waals surface area (Å²) >= 11 is 0. The SMILES string of the molecule is CCNC(=NCC1(C)COC1)N1CCC(=Cc2ccccc2)CC1.I. The minimum atomic E-state index is 0. The maximum Gasteiger partial charge on any atom is 0.193 e. The second-order valence-electron chi connectivity index (χ2n) is 7.17. The second kappa shape index (κ2) is 9.57. The van der Waals surface area contributed by atoms with Gasteiger partial charge in [0.2, 0.25) is 0 Å². The van der Waals surface area contributed by atoms with E-state index in [1.165, 1.54) is 11.1 Å². The Labute approximate surface area is 168 Å². The molecule has 1 N–H and O–H groups in total. The van der Waals surface area contributed by atoms with Crippen LogP contribution in [0.5, 0.6) is 0 Å². The molecule has 0 spiro atoms. The number of rotatable bonds is 4. The zero-order chi connectivity index (χ0) is 16.8. The highest BCUT2D eigenvalue weighted by Crippen LogP contribution is 2.27. The van der Waals surface area contributed by atoms with Gasteiger partial charge in [-0.15, -0.1) is 24.0 Å². The molecule has 138 valence electrons. The van der Waals surface area contributed by atoms with E-state index in [4.69, 9.17) is 9.73 Å². The lowest BCUT2D eigenvalue weighted by Gasteiger charge is -2.37. The van der Waals surface area contributed by atoms with E-state index in [0.29, 0.717) is 0 Å². The fourth-order valence-electron chi connectivity index (χ4n) is 3.17. The molecule has 0 aromatic heterocycles. The summed E-state index contributed by atoms with van der Waals surface area (Å²) in [4.78, 5) is 7.27. The van der Waals surface area contributed by atoms with Crippen molar-refractivity contribution >= 4 is 36.0 Å². The molecule has 1 aromatic carbocycles. The molecule has 0 unspecified atom stereocenters. The summed E-state index contributed by atoms with van der Waals surface area (Å²) in [5.41, 5.74) is 3.07. The van der Waals surface area contributed by atoms with Gasteiger partial charge in [-0.1, -0.05) is 48.9 Å². The van der Waals surface area contributed by atoms with Crippen LogP contribution in [0.3, 0.4) is 0 Å². The number of hydrogen-bond donors (Lipinski definition) is 1. The van der Waals surface area contributed by atoms with Crippen molar-refractivity contribution in [2.75, 3.05) is 39.4 Å². The number of nitrogens with one attached hydrogen (secondary N) is 1. The summed E-state index contributed by atoms with van der Waals surface area (Å²) in [6.07, 6.45) is 4.56. The van der Waals surface area contributed by atoms with Crippen LogP contribution in [-0.4, -0.2) is 50.3 Å². The predicted molar refractivity (Wildman–Crippen MR) is 116 cm³/mol. The van der Waals surface area contributed by atoms with E-state index < -0.39 is 0 Å². The van der Waals surface area contributed by atoms with Crippen LogP contribution in [0.25, 0.3) is 6.08 Å². The molecule has 0 atom stereocenters. The first kappa shape index (κ1) is 20.2. The fraction of sp³-hybridized carbons (Fsp3) is 0.550. The number of halogens is 1. The Bertz CT molecular complexity index is 586. The molecule has 25 heavy (non-hydrogen) atoms. The van der Waals surface area contributed by atoms with Gasteiger partial charge < -0.3 is 15.0 Å². The monoisotopic (exact) mass is 455 g/mol. The van der Waals surface area contributed by atoms with Gasteiger partial charge in [-0.05, 0) is 25.3 Å². The van der Waals surface area contributed by atoms with Crippen molar-refractivity contribution in [3.63, 3.8) is 0 Å². The lowest BCUT2D eigenvalue weighted by molar-refractivity contribution is -0.0946. The molecule has 0 saturated carbocycles. The minimum absolute atomic E-state index is 0. The topological polar surface area (TPSA) is 36.9 Å². The third kappa shape index (κ3) is 5.71. The number of piperidine rings is 1. The smallest absolute Gasteiger partial charge is 0.193 e. The third-order valence-electron chi connectivity index (χ3n) is 4.72. The molecule has 0 amide bonds. The van der Waals surface area contributed by atoms with Gasteiger partial charge in [-0.3, -0.25) is 4.99 Å². The van der Waals surface area contributed by atoms with Crippen LogP contribution < -0.4 is 5.32 Å². The van der Waals surface area contributed by atoms with Crippen molar-refractivity contribution in [3.05, 3.63) is 41.5 Å². The number of hydrogen-bond acceptors (Lipinski definition) is 2. The quantitative estimate of drug-likeness (QED) is 0.427. The second-order valence-corrected chi connectivity index (χ2v) is 7.17. The maximum absolute atomic E-state index is 5.34. The summed E-state index contributed by atoms with van der Waals surface area (Å²) in [5.74, 6) is 1.06. The van der Waals surface area contributed by atoms with Crippen LogP contribution in [0.4, 0.5) is 0 Å². The van der Waals surface area contributed by atoms with E-state index in [2.05, 4.69) is 60.5 Å². The molecule has 2 aliphatic heterocycles. The zero-order valence-electron chi connectivity index (χ0n) is 15.3. The largest absolute Gasteiger partial charge is 0.380 e. The normalized spacial score (nSPS) is 19.7. The molecule has 2 heterocycles. The Balaban J connectivity index is 0.00000225. The van der Waals surface area contributed by atoms with Crippen LogP contribution in [0.2, 0.25) is 0 Å². The van der Waals surface area contributed by atoms with Crippen molar-refractivity contribution in [3.8, 4) is 0 Å². The van der Waals surface area contributed by atoms with Crippen LogP contribution >= 0.6 is 24.0 Å². The van der Waals surface area contributed by atoms with E-state index in [1.54, 1.807) is 0 Å². The lowest BCUT2D eigenvalue weighted by Crippen LogP contribution is -2.47. The summed E-state index contributed by atoms with van der Waals surface area (Å²) in [5, 5.41) is 3.45. The molecule has 0 aliphatic carbocycles. The highest BCUT2D eigenvalue weighted by molar-refractivity contribution is 14.0. The Morgan fingerprint density at radius 1 is 1.24 bits per heavy atom. The Hall–Kier alpha value is -1.08. The molecular weight excluding hydrogens is 425 g/mol. The van der Waals surface area contributed by atoms with E-state index in [0.717, 1.165) is 58.2 Å². The molecule has 1 aromatic rings. The maximum atomic E-state index is 5.34. The highest BCUT2D eigenvalue weighted by atomic mass is 127. The summed E-state index contributed by atoms with van der Waals surface area (Å²) in [6, 6.07) is 10.6. The molecule has 2 fully saturated rings. The van der Waals surface area contributed by atoms with Gasteiger partial charge in [-0.25, -0.2) is 0 Å². The number of guanidine groups is 1. The predicted octanol–water partition coefficient (Wildman–Crippen LogP) is 3.79. The first-order chi connectivity index (χ1) is 11.7. The molecular formula is C20H30IN3O. The molecule has 5 heteroatoms. The van der Waals surface area contributed by atoms with Gasteiger partial charge in [0.15, 0.2) is 5.96 Å². The van der Waals surface area contributed by atoms with Crippen LogP contribution in [0, 0.1) is 5.41 Å². The van der Waals surface area contributed by atoms with E-state index in [-0.39, 0.29) is 29.4 Å². The Morgan fingerprint density at radius 2 is 1.92 bits per heavy atom. The fourth-order valence-corrected chi connectivity index (χ4v) is 3.17. The summed E-state index contributed by atoms with van der Waals surface area (Å²) in [7, 11) is 0. The van der Waals surface area contributed by atoms with Crippen molar-refractivity contribution in [1.29, 1.82) is 0 Å². The van der Waals surface area contributed by atoms with Crippen LogP contribution in [-0.2, 0) is 4.74 Å². The van der Waals surface area contributed by atoms with Gasteiger partial charge in [0.1, 0.15) is 0 Å². The zero-order valence-corrected chi connectivity index (χ0v) is 17.7. The number of nitrogens with zero attached hydrogens (tertiary/aromatic N) is 2. The van der Waals surface area contributed by atoms with E-state index in [9.17, 15) is 0 Å². The Kier molecular flexibility index (Phi) is 7.75. The molecule has 3 rings (SSSR count). The first-order valence-corrected chi connectivity index (χ1v) is 9.04. The first-order valence-electron chi connectivity index (χ1n) is 9.04. The van der Waals surface area contributed by atoms with Crippen LogP contribution in [0.15, 0.2) is 40.9 Å². The average Bonchev–Trinajstić information content (AvgIpc) is 2.59. The van der Waals surface area contributed by atoms with E-state index in [1.807, 2.05) is 0 Å². The number of aliphatic imine (C=N–C) groups is 1. The highest BCUT2D eigenvalue weighted by Gasteiger charge is 2.33. The Morgan fingerprint density at radius 3 is 2.48 bits per heavy atom. The third-order valence-corrected chi connectivity index (χ3v) is 4.72. The van der Waals surface area contributed by atoms with Crippen molar-refractivity contribution in [2.24, 2.45) is 10.4 Å². The number of likely N-dealkylation sites (tertiary alicyclic amines) is 1. The molecule has 0 bridgehead atoms. The van der Waals surface area contributed by atoms with Crippen molar-refractivity contribution in [2.45, 2.75) is 26.7 Å².